The van der Waals surface area contributed by atoms with Gasteiger partial charge in [-0.05, 0) is 35.9 Å². The van der Waals surface area contributed by atoms with Gasteiger partial charge in [0.2, 0.25) is 6.79 Å². The summed E-state index contributed by atoms with van der Waals surface area (Å²) in [5, 5.41) is 14.0. The van der Waals surface area contributed by atoms with Crippen molar-refractivity contribution >= 4 is 17.9 Å². The number of aliphatic hydroxyl groups is 1. The predicted octanol–water partition coefficient (Wildman–Crippen LogP) is 1.29. The van der Waals surface area contributed by atoms with Crippen LogP contribution in [0.25, 0.3) is 6.08 Å². The molecule has 2 amide bonds. The molecule has 1 aliphatic rings. The summed E-state index contributed by atoms with van der Waals surface area (Å²) >= 11 is 0. The maximum absolute atomic E-state index is 12.4. The molecule has 3 rings (SSSR count). The summed E-state index contributed by atoms with van der Waals surface area (Å²) in [4.78, 5) is 24.7. The third-order valence-electron chi connectivity index (χ3n) is 3.63. The van der Waals surface area contributed by atoms with Gasteiger partial charge in [0.25, 0.3) is 11.8 Å². The molecule has 1 heterocycles. The molecule has 0 saturated heterocycles. The van der Waals surface area contributed by atoms with E-state index in [1.807, 2.05) is 0 Å². The van der Waals surface area contributed by atoms with Gasteiger partial charge in [-0.3, -0.25) is 9.59 Å². The molecule has 1 aliphatic heterocycles. The van der Waals surface area contributed by atoms with E-state index in [-0.39, 0.29) is 25.6 Å². The van der Waals surface area contributed by atoms with E-state index in [0.29, 0.717) is 22.6 Å². The van der Waals surface area contributed by atoms with Crippen molar-refractivity contribution in [3.8, 4) is 11.5 Å². The summed E-state index contributed by atoms with van der Waals surface area (Å²) in [6.07, 6.45) is 1.54. The van der Waals surface area contributed by atoms with Crippen molar-refractivity contribution in [2.24, 2.45) is 0 Å². The van der Waals surface area contributed by atoms with Crippen LogP contribution in [0.2, 0.25) is 0 Å². The largest absolute Gasteiger partial charge is 0.454 e. The van der Waals surface area contributed by atoms with Gasteiger partial charge in [0.05, 0.1) is 6.61 Å². The fourth-order valence-corrected chi connectivity index (χ4v) is 2.38. The van der Waals surface area contributed by atoms with E-state index < -0.39 is 11.8 Å². The number of ether oxygens (including phenoxy) is 2. The van der Waals surface area contributed by atoms with Crippen LogP contribution in [-0.4, -0.2) is 36.9 Å². The van der Waals surface area contributed by atoms with Gasteiger partial charge in [-0.1, -0.05) is 24.3 Å². The number of benzene rings is 2. The number of rotatable bonds is 6. The number of hydrogen-bond donors (Lipinski definition) is 3. The third-order valence-corrected chi connectivity index (χ3v) is 3.63. The lowest BCUT2D eigenvalue weighted by atomic mass is 10.1. The third kappa shape index (κ3) is 4.20. The number of fused-ring (bicyclic) bond motifs is 1. The average molecular weight is 354 g/mol. The molecular weight excluding hydrogens is 336 g/mol. The Hall–Kier alpha value is -3.32. The highest BCUT2D eigenvalue weighted by molar-refractivity contribution is 6.05. The lowest BCUT2D eigenvalue weighted by Crippen LogP contribution is -2.36. The number of carbonyl (C=O) groups is 2. The molecule has 3 N–H and O–H groups in total. The first kappa shape index (κ1) is 17.5. The van der Waals surface area contributed by atoms with E-state index >= 15 is 0 Å². The van der Waals surface area contributed by atoms with Crippen molar-refractivity contribution < 1.29 is 24.2 Å². The molecule has 0 fully saturated rings. The van der Waals surface area contributed by atoms with Crippen molar-refractivity contribution in [3.63, 3.8) is 0 Å². The minimum absolute atomic E-state index is 0.0613. The van der Waals surface area contributed by atoms with Crippen LogP contribution in [0.4, 0.5) is 0 Å². The van der Waals surface area contributed by atoms with E-state index in [4.69, 9.17) is 14.6 Å². The molecule has 0 atom stereocenters. The molecule has 0 bridgehead atoms. The highest BCUT2D eigenvalue weighted by Crippen LogP contribution is 2.33. The Morgan fingerprint density at radius 1 is 1.08 bits per heavy atom. The van der Waals surface area contributed by atoms with E-state index in [2.05, 4.69) is 10.6 Å². The zero-order valence-corrected chi connectivity index (χ0v) is 13.9. The molecule has 0 aliphatic carbocycles. The van der Waals surface area contributed by atoms with E-state index in [9.17, 15) is 9.59 Å². The van der Waals surface area contributed by atoms with Crippen molar-refractivity contribution in [2.45, 2.75) is 0 Å². The van der Waals surface area contributed by atoms with Gasteiger partial charge < -0.3 is 25.2 Å². The predicted molar refractivity (Wildman–Crippen MR) is 94.5 cm³/mol. The standard InChI is InChI=1S/C19H18N2O5/c22-9-8-20-19(24)15(21-18(23)14-4-2-1-3-5-14)10-13-6-7-16-17(11-13)26-12-25-16/h1-7,10-11,22H,8-9,12H2,(H,20,24)(H,21,23). The first-order valence-corrected chi connectivity index (χ1v) is 8.04. The zero-order chi connectivity index (χ0) is 18.4. The molecule has 0 saturated carbocycles. The second-order valence-electron chi connectivity index (χ2n) is 5.47. The smallest absolute Gasteiger partial charge is 0.267 e. The van der Waals surface area contributed by atoms with Gasteiger partial charge in [0.1, 0.15) is 5.70 Å². The SMILES string of the molecule is O=C(NCCO)C(=Cc1ccc2c(c1)OCO2)NC(=O)c1ccccc1. The van der Waals surface area contributed by atoms with Crippen LogP contribution < -0.4 is 20.1 Å². The maximum atomic E-state index is 12.4. The molecule has 26 heavy (non-hydrogen) atoms. The van der Waals surface area contributed by atoms with Gasteiger partial charge in [-0.25, -0.2) is 0 Å². The van der Waals surface area contributed by atoms with Crippen LogP contribution in [0.5, 0.6) is 11.5 Å². The van der Waals surface area contributed by atoms with Crippen molar-refractivity contribution in [1.82, 2.24) is 10.6 Å². The molecule has 134 valence electrons. The van der Waals surface area contributed by atoms with Crippen molar-refractivity contribution in [3.05, 3.63) is 65.4 Å². The normalized spacial score (nSPS) is 12.6. The monoisotopic (exact) mass is 354 g/mol. The van der Waals surface area contributed by atoms with Gasteiger partial charge in [-0.2, -0.15) is 0 Å². The average Bonchev–Trinajstić information content (AvgIpc) is 3.14. The number of carbonyl (C=O) groups excluding carboxylic acids is 2. The summed E-state index contributed by atoms with van der Waals surface area (Å²) in [5.74, 6) is 0.294. The molecule has 0 radical (unpaired) electrons. The molecule has 2 aromatic carbocycles. The van der Waals surface area contributed by atoms with E-state index in [0.717, 1.165) is 0 Å². The van der Waals surface area contributed by atoms with Crippen LogP contribution >= 0.6 is 0 Å². The zero-order valence-electron chi connectivity index (χ0n) is 13.9. The quantitative estimate of drug-likeness (QED) is 0.680. The highest BCUT2D eigenvalue weighted by Gasteiger charge is 2.16. The van der Waals surface area contributed by atoms with Crippen LogP contribution in [0.3, 0.4) is 0 Å². The molecule has 0 unspecified atom stereocenters. The van der Waals surface area contributed by atoms with E-state index in [1.165, 1.54) is 6.08 Å². The fraction of sp³-hybridized carbons (Fsp3) is 0.158. The summed E-state index contributed by atoms with van der Waals surface area (Å²) in [5.41, 5.74) is 1.15. The van der Waals surface area contributed by atoms with Gasteiger partial charge in [0.15, 0.2) is 11.5 Å². The molecule has 7 heteroatoms. The Balaban J connectivity index is 1.85. The first-order chi connectivity index (χ1) is 12.7. The van der Waals surface area contributed by atoms with Crippen molar-refractivity contribution in [2.75, 3.05) is 19.9 Å². The summed E-state index contributed by atoms with van der Waals surface area (Å²) in [6, 6.07) is 13.8. The highest BCUT2D eigenvalue weighted by atomic mass is 16.7. The molecular formula is C19H18N2O5. The Bertz CT molecular complexity index is 833. The summed E-state index contributed by atoms with van der Waals surface area (Å²) < 4.78 is 10.6. The van der Waals surface area contributed by atoms with Crippen molar-refractivity contribution in [1.29, 1.82) is 0 Å². The Morgan fingerprint density at radius 3 is 2.62 bits per heavy atom. The Morgan fingerprint density at radius 2 is 1.85 bits per heavy atom. The molecule has 2 aromatic rings. The lowest BCUT2D eigenvalue weighted by molar-refractivity contribution is -0.117. The molecule has 0 aromatic heterocycles. The molecule has 0 spiro atoms. The Labute approximate surface area is 150 Å². The topological polar surface area (TPSA) is 96.9 Å². The summed E-state index contributed by atoms with van der Waals surface area (Å²) in [7, 11) is 0. The number of hydrogen-bond acceptors (Lipinski definition) is 5. The first-order valence-electron chi connectivity index (χ1n) is 8.04. The van der Waals surface area contributed by atoms with Gasteiger partial charge in [0, 0.05) is 12.1 Å². The molecule has 7 nitrogen and oxygen atoms in total. The van der Waals surface area contributed by atoms with Crippen LogP contribution in [0.15, 0.2) is 54.2 Å². The maximum Gasteiger partial charge on any atom is 0.267 e. The van der Waals surface area contributed by atoms with E-state index in [1.54, 1.807) is 48.5 Å². The van der Waals surface area contributed by atoms with Crippen LogP contribution in [0, 0.1) is 0 Å². The van der Waals surface area contributed by atoms with Crippen LogP contribution in [-0.2, 0) is 4.79 Å². The van der Waals surface area contributed by atoms with Crippen LogP contribution in [0.1, 0.15) is 15.9 Å². The fourth-order valence-electron chi connectivity index (χ4n) is 2.38. The second-order valence-corrected chi connectivity index (χ2v) is 5.47. The van der Waals surface area contributed by atoms with Gasteiger partial charge >= 0.3 is 0 Å². The minimum atomic E-state index is -0.499. The number of amides is 2. The lowest BCUT2D eigenvalue weighted by Gasteiger charge is -2.11. The van der Waals surface area contributed by atoms with Gasteiger partial charge in [-0.15, -0.1) is 0 Å². The minimum Gasteiger partial charge on any atom is -0.454 e. The Kier molecular flexibility index (Phi) is 5.50. The number of nitrogens with one attached hydrogen (secondary N) is 2. The number of aliphatic hydroxyl groups excluding tert-OH is 1. The summed E-state index contributed by atoms with van der Waals surface area (Å²) in [6.45, 7) is 0.0330. The second kappa shape index (κ2) is 8.17.